The Labute approximate surface area is 116 Å². The molecular formula is C13H28N4O2. The maximum Gasteiger partial charge on any atom is 0.312 e. The Hall–Kier alpha value is -1.30. The SMILES string of the molecule is CCC(C)C(=O)N(CCCNC(N)=O)CCN(C)C. The number of nitrogens with zero attached hydrogens (tertiary/aromatic N) is 2. The van der Waals surface area contributed by atoms with Gasteiger partial charge < -0.3 is 20.9 Å². The maximum absolute atomic E-state index is 12.2. The number of hydrogen-bond donors (Lipinski definition) is 2. The van der Waals surface area contributed by atoms with Gasteiger partial charge in [-0.15, -0.1) is 0 Å². The van der Waals surface area contributed by atoms with Gasteiger partial charge in [-0.1, -0.05) is 13.8 Å². The van der Waals surface area contributed by atoms with Gasteiger partial charge in [0.05, 0.1) is 0 Å². The Morgan fingerprint density at radius 2 is 1.84 bits per heavy atom. The summed E-state index contributed by atoms with van der Waals surface area (Å²) < 4.78 is 0. The Kier molecular flexibility index (Phi) is 8.95. The lowest BCUT2D eigenvalue weighted by molar-refractivity contribution is -0.135. The molecule has 0 aromatic rings. The van der Waals surface area contributed by atoms with Crippen LogP contribution in [0.15, 0.2) is 0 Å². The van der Waals surface area contributed by atoms with E-state index in [1.807, 2.05) is 32.8 Å². The van der Waals surface area contributed by atoms with Crippen molar-refractivity contribution in [2.45, 2.75) is 26.7 Å². The highest BCUT2D eigenvalue weighted by Crippen LogP contribution is 2.07. The van der Waals surface area contributed by atoms with Crippen LogP contribution in [0.1, 0.15) is 26.7 Å². The van der Waals surface area contributed by atoms with Crippen molar-refractivity contribution in [1.29, 1.82) is 0 Å². The van der Waals surface area contributed by atoms with Gasteiger partial charge in [0.25, 0.3) is 0 Å². The average Bonchev–Trinajstić information content (AvgIpc) is 2.35. The number of primary amides is 1. The molecule has 0 spiro atoms. The predicted molar refractivity (Wildman–Crippen MR) is 76.8 cm³/mol. The highest BCUT2D eigenvalue weighted by molar-refractivity contribution is 5.78. The molecule has 1 unspecified atom stereocenters. The highest BCUT2D eigenvalue weighted by Gasteiger charge is 2.18. The molecule has 0 fully saturated rings. The lowest BCUT2D eigenvalue weighted by Crippen LogP contribution is -2.41. The molecule has 3 amide bonds. The summed E-state index contributed by atoms with van der Waals surface area (Å²) in [6.07, 6.45) is 1.56. The summed E-state index contributed by atoms with van der Waals surface area (Å²) in [5, 5.41) is 2.54. The average molecular weight is 272 g/mol. The van der Waals surface area contributed by atoms with Crippen LogP contribution in [0.2, 0.25) is 0 Å². The lowest BCUT2D eigenvalue weighted by Gasteiger charge is -2.27. The van der Waals surface area contributed by atoms with E-state index in [1.54, 1.807) is 0 Å². The van der Waals surface area contributed by atoms with E-state index in [2.05, 4.69) is 10.2 Å². The molecule has 0 saturated carbocycles. The predicted octanol–water partition coefficient (Wildman–Crippen LogP) is 0.481. The molecule has 0 aromatic carbocycles. The Bertz CT molecular complexity index is 282. The summed E-state index contributed by atoms with van der Waals surface area (Å²) in [6, 6.07) is -0.520. The van der Waals surface area contributed by atoms with Gasteiger partial charge in [-0.3, -0.25) is 4.79 Å². The molecule has 0 bridgehead atoms. The fourth-order valence-electron chi connectivity index (χ4n) is 1.62. The number of nitrogens with one attached hydrogen (secondary N) is 1. The van der Waals surface area contributed by atoms with Gasteiger partial charge in [-0.2, -0.15) is 0 Å². The first-order valence-electron chi connectivity index (χ1n) is 6.85. The van der Waals surface area contributed by atoms with Crippen LogP contribution in [0.3, 0.4) is 0 Å². The van der Waals surface area contributed by atoms with Crippen molar-refractivity contribution in [3.63, 3.8) is 0 Å². The fraction of sp³-hybridized carbons (Fsp3) is 0.846. The zero-order valence-electron chi connectivity index (χ0n) is 12.6. The van der Waals surface area contributed by atoms with Crippen molar-refractivity contribution >= 4 is 11.9 Å². The molecular weight excluding hydrogens is 244 g/mol. The number of urea groups is 1. The quantitative estimate of drug-likeness (QED) is 0.599. The third kappa shape index (κ3) is 8.42. The van der Waals surface area contributed by atoms with Crippen LogP contribution < -0.4 is 11.1 Å². The first-order valence-corrected chi connectivity index (χ1v) is 6.85. The van der Waals surface area contributed by atoms with Crippen LogP contribution in [-0.4, -0.2) is 62.0 Å². The Morgan fingerprint density at radius 1 is 1.21 bits per heavy atom. The van der Waals surface area contributed by atoms with Gasteiger partial charge in [0.2, 0.25) is 5.91 Å². The van der Waals surface area contributed by atoms with Crippen molar-refractivity contribution in [2.75, 3.05) is 40.3 Å². The number of amides is 3. The largest absolute Gasteiger partial charge is 0.352 e. The first-order chi connectivity index (χ1) is 8.88. The minimum absolute atomic E-state index is 0.0475. The monoisotopic (exact) mass is 272 g/mol. The number of carbonyl (C=O) groups is 2. The number of carbonyl (C=O) groups excluding carboxylic acids is 2. The van der Waals surface area contributed by atoms with E-state index in [4.69, 9.17) is 5.73 Å². The van der Waals surface area contributed by atoms with Crippen molar-refractivity contribution in [3.05, 3.63) is 0 Å². The first kappa shape index (κ1) is 17.7. The molecule has 0 aliphatic carbocycles. The van der Waals surface area contributed by atoms with E-state index < -0.39 is 6.03 Å². The van der Waals surface area contributed by atoms with E-state index >= 15 is 0 Å². The van der Waals surface area contributed by atoms with Gasteiger partial charge in [0, 0.05) is 32.1 Å². The van der Waals surface area contributed by atoms with E-state index in [9.17, 15) is 9.59 Å². The molecule has 0 aliphatic rings. The summed E-state index contributed by atoms with van der Waals surface area (Å²) in [6.45, 7) is 6.67. The van der Waals surface area contributed by atoms with E-state index in [0.29, 0.717) is 19.6 Å². The fourth-order valence-corrected chi connectivity index (χ4v) is 1.62. The molecule has 6 heteroatoms. The van der Waals surface area contributed by atoms with Crippen molar-refractivity contribution in [1.82, 2.24) is 15.1 Å². The van der Waals surface area contributed by atoms with Crippen LogP contribution in [0.5, 0.6) is 0 Å². The van der Waals surface area contributed by atoms with E-state index in [1.165, 1.54) is 0 Å². The number of rotatable bonds is 9. The molecule has 19 heavy (non-hydrogen) atoms. The normalized spacial score (nSPS) is 12.3. The summed E-state index contributed by atoms with van der Waals surface area (Å²) in [5.74, 6) is 0.231. The van der Waals surface area contributed by atoms with Crippen LogP contribution in [-0.2, 0) is 4.79 Å². The van der Waals surface area contributed by atoms with Crippen molar-refractivity contribution < 1.29 is 9.59 Å². The lowest BCUT2D eigenvalue weighted by atomic mass is 10.1. The summed E-state index contributed by atoms with van der Waals surface area (Å²) in [4.78, 5) is 26.7. The van der Waals surface area contributed by atoms with Crippen LogP contribution in [0, 0.1) is 5.92 Å². The molecule has 6 nitrogen and oxygen atoms in total. The number of likely N-dealkylation sites (N-methyl/N-ethyl adjacent to an activating group) is 1. The van der Waals surface area contributed by atoms with Crippen LogP contribution in [0.4, 0.5) is 4.79 Å². The van der Waals surface area contributed by atoms with Gasteiger partial charge in [0.1, 0.15) is 0 Å². The van der Waals surface area contributed by atoms with Crippen molar-refractivity contribution in [3.8, 4) is 0 Å². The molecule has 3 N–H and O–H groups in total. The topological polar surface area (TPSA) is 78.7 Å². The number of nitrogens with two attached hydrogens (primary N) is 1. The standard InChI is InChI=1S/C13H28N4O2/c1-5-11(2)12(18)17(10-9-16(3)4)8-6-7-15-13(14)19/h11H,5-10H2,1-4H3,(H3,14,15,19). The molecule has 1 atom stereocenters. The van der Waals surface area contributed by atoms with E-state index in [0.717, 1.165) is 19.4 Å². The van der Waals surface area contributed by atoms with Crippen molar-refractivity contribution in [2.24, 2.45) is 11.7 Å². The smallest absolute Gasteiger partial charge is 0.312 e. The second-order valence-electron chi connectivity index (χ2n) is 5.08. The van der Waals surface area contributed by atoms with Gasteiger partial charge in [0.15, 0.2) is 0 Å². The van der Waals surface area contributed by atoms with E-state index in [-0.39, 0.29) is 11.8 Å². The Morgan fingerprint density at radius 3 is 2.32 bits per heavy atom. The third-order valence-electron chi connectivity index (χ3n) is 3.07. The minimum atomic E-state index is -0.520. The molecule has 0 heterocycles. The second kappa shape index (κ2) is 9.61. The zero-order valence-corrected chi connectivity index (χ0v) is 12.6. The summed E-state index contributed by atoms with van der Waals surface area (Å²) in [7, 11) is 3.97. The number of hydrogen-bond acceptors (Lipinski definition) is 3. The highest BCUT2D eigenvalue weighted by atomic mass is 16.2. The second-order valence-corrected chi connectivity index (χ2v) is 5.08. The third-order valence-corrected chi connectivity index (χ3v) is 3.07. The van der Waals surface area contributed by atoms with Crippen LogP contribution >= 0.6 is 0 Å². The summed E-state index contributed by atoms with van der Waals surface area (Å²) in [5.41, 5.74) is 5.00. The minimum Gasteiger partial charge on any atom is -0.352 e. The molecule has 112 valence electrons. The molecule has 0 aliphatic heterocycles. The zero-order chi connectivity index (χ0) is 14.8. The molecule has 0 rings (SSSR count). The van der Waals surface area contributed by atoms with Crippen LogP contribution in [0.25, 0.3) is 0 Å². The Balaban J connectivity index is 4.24. The van der Waals surface area contributed by atoms with Gasteiger partial charge >= 0.3 is 6.03 Å². The molecule has 0 radical (unpaired) electrons. The maximum atomic E-state index is 12.2. The molecule has 0 saturated heterocycles. The summed E-state index contributed by atoms with van der Waals surface area (Å²) >= 11 is 0. The van der Waals surface area contributed by atoms with Gasteiger partial charge in [-0.25, -0.2) is 4.79 Å². The van der Waals surface area contributed by atoms with Gasteiger partial charge in [-0.05, 0) is 26.9 Å². The molecule has 0 aromatic heterocycles.